The lowest BCUT2D eigenvalue weighted by Crippen LogP contribution is -2.25. The zero-order chi connectivity index (χ0) is 13.4. The lowest BCUT2D eigenvalue weighted by atomic mass is 10.1. The molecule has 1 aromatic carbocycles. The zero-order valence-corrected chi connectivity index (χ0v) is 12.2. The average molecular weight is 248 g/mol. The van der Waals surface area contributed by atoms with E-state index in [1.54, 1.807) is 0 Å². The van der Waals surface area contributed by atoms with Gasteiger partial charge in [0.25, 0.3) is 0 Å². The highest BCUT2D eigenvalue weighted by molar-refractivity contribution is 5.26. The predicted molar refractivity (Wildman–Crippen MR) is 79.4 cm³/mol. The fourth-order valence-corrected chi connectivity index (χ4v) is 2.22. The number of rotatable bonds is 8. The van der Waals surface area contributed by atoms with Crippen molar-refractivity contribution in [2.24, 2.45) is 11.7 Å². The summed E-state index contributed by atoms with van der Waals surface area (Å²) < 4.78 is 0. The average Bonchev–Trinajstić information content (AvgIpc) is 2.37. The molecule has 0 aliphatic heterocycles. The fourth-order valence-electron chi connectivity index (χ4n) is 2.22. The van der Waals surface area contributed by atoms with Crippen LogP contribution >= 0.6 is 0 Å². The Morgan fingerprint density at radius 2 is 1.83 bits per heavy atom. The number of hydrogen-bond donors (Lipinski definition) is 1. The van der Waals surface area contributed by atoms with Crippen molar-refractivity contribution in [1.82, 2.24) is 4.90 Å². The highest BCUT2D eigenvalue weighted by Crippen LogP contribution is 2.12. The molecule has 0 spiro atoms. The van der Waals surface area contributed by atoms with Crippen LogP contribution in [0.1, 0.15) is 44.7 Å². The van der Waals surface area contributed by atoms with Crippen molar-refractivity contribution in [3.63, 3.8) is 0 Å². The Kier molecular flexibility index (Phi) is 6.99. The molecule has 1 aromatic rings. The molecule has 0 saturated heterocycles. The molecule has 0 unspecified atom stereocenters. The minimum atomic E-state index is 0.639. The van der Waals surface area contributed by atoms with Crippen molar-refractivity contribution in [2.45, 2.75) is 46.7 Å². The first kappa shape index (κ1) is 15.2. The van der Waals surface area contributed by atoms with Gasteiger partial charge < -0.3 is 5.73 Å². The largest absolute Gasteiger partial charge is 0.326 e. The Morgan fingerprint density at radius 1 is 1.17 bits per heavy atom. The summed E-state index contributed by atoms with van der Waals surface area (Å²) in [7, 11) is 0. The topological polar surface area (TPSA) is 29.3 Å². The first-order chi connectivity index (χ1) is 8.67. The second kappa shape index (κ2) is 8.28. The van der Waals surface area contributed by atoms with E-state index in [1.807, 2.05) is 0 Å². The molecule has 2 N–H and O–H groups in total. The van der Waals surface area contributed by atoms with E-state index in [1.165, 1.54) is 30.5 Å². The maximum Gasteiger partial charge on any atom is 0.0236 e. The highest BCUT2D eigenvalue weighted by Gasteiger charge is 2.07. The van der Waals surface area contributed by atoms with Crippen LogP contribution in [0.25, 0.3) is 0 Å². The Bertz CT molecular complexity index is 334. The summed E-state index contributed by atoms with van der Waals surface area (Å²) in [4.78, 5) is 2.51. The van der Waals surface area contributed by atoms with E-state index in [-0.39, 0.29) is 0 Å². The van der Waals surface area contributed by atoms with Crippen LogP contribution in [-0.2, 0) is 13.1 Å². The van der Waals surface area contributed by atoms with Crippen molar-refractivity contribution in [1.29, 1.82) is 0 Å². The summed E-state index contributed by atoms with van der Waals surface area (Å²) in [6, 6.07) is 8.52. The third-order valence-electron chi connectivity index (χ3n) is 3.44. The maximum absolute atomic E-state index is 5.79. The SMILES string of the molecule is CCN(CCCC(C)C)Cc1ccccc1CN. The summed E-state index contributed by atoms with van der Waals surface area (Å²) in [5.74, 6) is 0.806. The maximum atomic E-state index is 5.79. The number of benzene rings is 1. The Labute approximate surface area is 112 Å². The second-order valence-corrected chi connectivity index (χ2v) is 5.38. The van der Waals surface area contributed by atoms with Crippen molar-refractivity contribution >= 4 is 0 Å². The van der Waals surface area contributed by atoms with Gasteiger partial charge in [-0.3, -0.25) is 4.90 Å². The van der Waals surface area contributed by atoms with Crippen LogP contribution in [-0.4, -0.2) is 18.0 Å². The van der Waals surface area contributed by atoms with E-state index < -0.39 is 0 Å². The molecule has 18 heavy (non-hydrogen) atoms. The standard InChI is InChI=1S/C16H28N2/c1-4-18(11-7-8-14(2)3)13-16-10-6-5-9-15(16)12-17/h5-6,9-10,14H,4,7-8,11-13,17H2,1-3H3. The summed E-state index contributed by atoms with van der Waals surface area (Å²) in [6.45, 7) is 10.8. The van der Waals surface area contributed by atoms with Gasteiger partial charge in [0.15, 0.2) is 0 Å². The predicted octanol–water partition coefficient (Wildman–Crippen LogP) is 3.40. The molecular weight excluding hydrogens is 220 g/mol. The second-order valence-electron chi connectivity index (χ2n) is 5.38. The minimum Gasteiger partial charge on any atom is -0.326 e. The van der Waals surface area contributed by atoms with Crippen LogP contribution < -0.4 is 5.73 Å². The van der Waals surface area contributed by atoms with E-state index in [0.717, 1.165) is 19.0 Å². The summed E-state index contributed by atoms with van der Waals surface area (Å²) in [5.41, 5.74) is 8.45. The molecule has 0 radical (unpaired) electrons. The Morgan fingerprint density at radius 3 is 2.39 bits per heavy atom. The lowest BCUT2D eigenvalue weighted by Gasteiger charge is -2.22. The van der Waals surface area contributed by atoms with Crippen LogP contribution in [0.3, 0.4) is 0 Å². The molecule has 0 amide bonds. The molecular formula is C16H28N2. The highest BCUT2D eigenvalue weighted by atomic mass is 15.1. The van der Waals surface area contributed by atoms with Crippen LogP contribution in [0.5, 0.6) is 0 Å². The van der Waals surface area contributed by atoms with Gasteiger partial charge in [0.1, 0.15) is 0 Å². The lowest BCUT2D eigenvalue weighted by molar-refractivity contribution is 0.267. The van der Waals surface area contributed by atoms with E-state index in [4.69, 9.17) is 5.73 Å². The molecule has 0 saturated carbocycles. The van der Waals surface area contributed by atoms with Gasteiger partial charge in [-0.2, -0.15) is 0 Å². The van der Waals surface area contributed by atoms with Crippen molar-refractivity contribution in [2.75, 3.05) is 13.1 Å². The van der Waals surface area contributed by atoms with Crippen LogP contribution in [0.2, 0.25) is 0 Å². The van der Waals surface area contributed by atoms with Gasteiger partial charge in [-0.1, -0.05) is 45.0 Å². The Balaban J connectivity index is 2.51. The minimum absolute atomic E-state index is 0.639. The van der Waals surface area contributed by atoms with Crippen molar-refractivity contribution in [3.8, 4) is 0 Å². The first-order valence-corrected chi connectivity index (χ1v) is 7.16. The van der Waals surface area contributed by atoms with E-state index in [0.29, 0.717) is 6.54 Å². The summed E-state index contributed by atoms with van der Waals surface area (Å²) >= 11 is 0. The molecule has 2 nitrogen and oxygen atoms in total. The van der Waals surface area contributed by atoms with Gasteiger partial charge in [0.2, 0.25) is 0 Å². The van der Waals surface area contributed by atoms with Gasteiger partial charge in [-0.05, 0) is 43.0 Å². The van der Waals surface area contributed by atoms with Crippen LogP contribution in [0.15, 0.2) is 24.3 Å². The van der Waals surface area contributed by atoms with Gasteiger partial charge in [0, 0.05) is 13.1 Å². The molecule has 2 heteroatoms. The van der Waals surface area contributed by atoms with Gasteiger partial charge in [-0.15, -0.1) is 0 Å². The smallest absolute Gasteiger partial charge is 0.0236 e. The Hall–Kier alpha value is -0.860. The summed E-state index contributed by atoms with van der Waals surface area (Å²) in [6.07, 6.45) is 2.60. The number of hydrogen-bond acceptors (Lipinski definition) is 2. The van der Waals surface area contributed by atoms with Gasteiger partial charge in [0.05, 0.1) is 0 Å². The molecule has 0 aliphatic carbocycles. The van der Waals surface area contributed by atoms with Gasteiger partial charge >= 0.3 is 0 Å². The number of nitrogens with zero attached hydrogens (tertiary/aromatic N) is 1. The normalized spacial score (nSPS) is 11.4. The summed E-state index contributed by atoms with van der Waals surface area (Å²) in [5, 5.41) is 0. The van der Waals surface area contributed by atoms with E-state index in [2.05, 4.69) is 49.9 Å². The fraction of sp³-hybridized carbons (Fsp3) is 0.625. The molecule has 1 rings (SSSR count). The molecule has 0 aliphatic rings. The first-order valence-electron chi connectivity index (χ1n) is 7.16. The third kappa shape index (κ3) is 5.19. The molecule has 0 fully saturated rings. The molecule has 0 heterocycles. The quantitative estimate of drug-likeness (QED) is 0.764. The van der Waals surface area contributed by atoms with Gasteiger partial charge in [-0.25, -0.2) is 0 Å². The van der Waals surface area contributed by atoms with Crippen LogP contribution in [0.4, 0.5) is 0 Å². The monoisotopic (exact) mass is 248 g/mol. The molecule has 102 valence electrons. The van der Waals surface area contributed by atoms with Crippen LogP contribution in [0, 0.1) is 5.92 Å². The third-order valence-corrected chi connectivity index (χ3v) is 3.44. The molecule has 0 atom stereocenters. The number of nitrogens with two attached hydrogens (primary N) is 1. The molecule has 0 bridgehead atoms. The zero-order valence-electron chi connectivity index (χ0n) is 12.2. The van der Waals surface area contributed by atoms with Crippen molar-refractivity contribution < 1.29 is 0 Å². The molecule has 0 aromatic heterocycles. The van der Waals surface area contributed by atoms with E-state index >= 15 is 0 Å². The van der Waals surface area contributed by atoms with Crippen molar-refractivity contribution in [3.05, 3.63) is 35.4 Å². The van der Waals surface area contributed by atoms with E-state index in [9.17, 15) is 0 Å².